The highest BCUT2D eigenvalue weighted by Crippen LogP contribution is 2.38. The number of thiazole rings is 1. The average molecular weight is 404 g/mol. The molecule has 2 amide bonds. The van der Waals surface area contributed by atoms with Gasteiger partial charge in [-0.15, -0.1) is 11.3 Å². The zero-order valence-electron chi connectivity index (χ0n) is 16.0. The third kappa shape index (κ3) is 3.95. The van der Waals surface area contributed by atoms with Gasteiger partial charge < -0.3 is 10.4 Å². The van der Waals surface area contributed by atoms with Gasteiger partial charge in [-0.05, 0) is 36.2 Å². The van der Waals surface area contributed by atoms with Gasteiger partial charge in [0.05, 0.1) is 17.7 Å². The second-order valence-corrected chi connectivity index (χ2v) is 7.72. The largest absolute Gasteiger partial charge is 0.508 e. The maximum atomic E-state index is 12.0. The van der Waals surface area contributed by atoms with Crippen LogP contribution in [0.5, 0.6) is 5.75 Å². The van der Waals surface area contributed by atoms with E-state index in [1.807, 2.05) is 54.9 Å². The van der Waals surface area contributed by atoms with E-state index in [1.54, 1.807) is 30.5 Å². The van der Waals surface area contributed by atoms with Crippen molar-refractivity contribution in [2.75, 3.05) is 7.05 Å². The van der Waals surface area contributed by atoms with Crippen LogP contribution in [-0.4, -0.2) is 35.1 Å². The number of aliphatic imine (C=N–C) groups is 2. The summed E-state index contributed by atoms with van der Waals surface area (Å²) in [6, 6.07) is 14.3. The summed E-state index contributed by atoms with van der Waals surface area (Å²) in [5.74, 6) is 0.0150. The molecular weight excluding hydrogens is 384 g/mol. The minimum atomic E-state index is -0.361. The molecule has 29 heavy (non-hydrogen) atoms. The van der Waals surface area contributed by atoms with Crippen molar-refractivity contribution >= 4 is 29.3 Å². The van der Waals surface area contributed by atoms with Crippen LogP contribution < -0.4 is 5.32 Å². The lowest BCUT2D eigenvalue weighted by Gasteiger charge is -2.30. The minimum absolute atomic E-state index is 0.170. The van der Waals surface area contributed by atoms with Gasteiger partial charge in [0.2, 0.25) is 0 Å². The Bertz CT molecular complexity index is 1100. The minimum Gasteiger partial charge on any atom is -0.508 e. The molecule has 4 rings (SSSR count). The Morgan fingerprint density at radius 2 is 2.00 bits per heavy atom. The van der Waals surface area contributed by atoms with Gasteiger partial charge in [-0.1, -0.05) is 30.3 Å². The maximum Gasteiger partial charge on any atom is 0.341 e. The Labute approximate surface area is 172 Å². The van der Waals surface area contributed by atoms with Crippen LogP contribution in [0.2, 0.25) is 0 Å². The molecule has 0 fully saturated rings. The van der Waals surface area contributed by atoms with E-state index in [0.29, 0.717) is 0 Å². The van der Waals surface area contributed by atoms with E-state index >= 15 is 0 Å². The van der Waals surface area contributed by atoms with Crippen molar-refractivity contribution in [3.63, 3.8) is 0 Å². The first kappa shape index (κ1) is 19.0. The molecule has 2 atom stereocenters. The van der Waals surface area contributed by atoms with Gasteiger partial charge >= 0.3 is 6.03 Å². The number of phenols is 1. The van der Waals surface area contributed by atoms with E-state index in [9.17, 15) is 9.90 Å². The fourth-order valence-electron chi connectivity index (χ4n) is 3.49. The fourth-order valence-corrected chi connectivity index (χ4v) is 4.51. The van der Waals surface area contributed by atoms with E-state index in [-0.39, 0.29) is 23.7 Å². The molecule has 2 N–H and O–H groups in total. The second-order valence-electron chi connectivity index (χ2n) is 6.83. The molecule has 2 unspecified atom stereocenters. The molecule has 0 saturated heterocycles. The molecule has 1 aromatic heterocycles. The van der Waals surface area contributed by atoms with Crippen molar-refractivity contribution in [3.05, 3.63) is 70.0 Å². The van der Waals surface area contributed by atoms with E-state index in [4.69, 9.17) is 4.98 Å². The Kier molecular flexibility index (Phi) is 5.22. The van der Waals surface area contributed by atoms with Crippen molar-refractivity contribution in [3.8, 4) is 17.0 Å². The lowest BCUT2D eigenvalue weighted by atomic mass is 9.88. The number of hydrogen-bond donors (Lipinski definition) is 2. The monoisotopic (exact) mass is 404 g/mol. The van der Waals surface area contributed by atoms with Crippen molar-refractivity contribution in [2.45, 2.75) is 18.9 Å². The number of nitrogens with one attached hydrogen (secondary N) is 1. The number of aromatic nitrogens is 1. The quantitative estimate of drug-likeness (QED) is 0.624. The number of benzene rings is 2. The molecule has 2 heterocycles. The highest BCUT2D eigenvalue weighted by molar-refractivity contribution is 7.10. The molecule has 1 aliphatic rings. The fraction of sp³-hybridized carbons (Fsp3) is 0.182. The van der Waals surface area contributed by atoms with Crippen LogP contribution in [-0.2, 0) is 0 Å². The van der Waals surface area contributed by atoms with Gasteiger partial charge in [-0.2, -0.15) is 0 Å². The molecule has 0 aliphatic carbocycles. The number of rotatable bonds is 4. The van der Waals surface area contributed by atoms with Crippen LogP contribution in [0.3, 0.4) is 0 Å². The predicted octanol–water partition coefficient (Wildman–Crippen LogP) is 4.57. The normalized spacial score (nSPS) is 19.2. The third-order valence-corrected chi connectivity index (χ3v) is 5.77. The van der Waals surface area contributed by atoms with Crippen molar-refractivity contribution in [1.82, 2.24) is 10.3 Å². The summed E-state index contributed by atoms with van der Waals surface area (Å²) >= 11 is 1.55. The average Bonchev–Trinajstić information content (AvgIpc) is 3.18. The predicted molar refractivity (Wildman–Crippen MR) is 116 cm³/mol. The van der Waals surface area contributed by atoms with Crippen molar-refractivity contribution in [1.29, 1.82) is 0 Å². The summed E-state index contributed by atoms with van der Waals surface area (Å²) in [4.78, 5) is 25.1. The highest BCUT2D eigenvalue weighted by atomic mass is 32.1. The molecule has 3 aromatic rings. The number of urea groups is 1. The van der Waals surface area contributed by atoms with Gasteiger partial charge in [-0.25, -0.2) is 14.8 Å². The number of amides is 2. The number of phenolic OH excluding ortho intramolecular Hbond substituents is 1. The molecule has 0 saturated carbocycles. The molecule has 0 bridgehead atoms. The first-order valence-electron chi connectivity index (χ1n) is 9.18. The summed E-state index contributed by atoms with van der Waals surface area (Å²) in [5, 5.41) is 15.5. The molecule has 1 aliphatic heterocycles. The molecular formula is C22H20N4O2S. The van der Waals surface area contributed by atoms with Crippen LogP contribution in [0.4, 0.5) is 4.79 Å². The smallest absolute Gasteiger partial charge is 0.341 e. The Balaban J connectivity index is 1.72. The van der Waals surface area contributed by atoms with E-state index in [1.165, 1.54) is 0 Å². The topological polar surface area (TPSA) is 86.9 Å². The second kappa shape index (κ2) is 7.97. The number of carbonyl (C=O) groups excluding carboxylic acids is 1. The van der Waals surface area contributed by atoms with Crippen LogP contribution in [0.1, 0.15) is 35.0 Å². The molecule has 7 heteroatoms. The summed E-state index contributed by atoms with van der Waals surface area (Å²) in [5.41, 5.74) is 4.53. The lowest BCUT2D eigenvalue weighted by molar-refractivity contribution is 0.243. The third-order valence-electron chi connectivity index (χ3n) is 4.84. The zero-order valence-corrected chi connectivity index (χ0v) is 16.9. The van der Waals surface area contributed by atoms with E-state index < -0.39 is 0 Å². The van der Waals surface area contributed by atoms with Gasteiger partial charge in [0.25, 0.3) is 0 Å². The molecule has 146 valence electrons. The van der Waals surface area contributed by atoms with E-state index in [0.717, 1.165) is 33.1 Å². The lowest BCUT2D eigenvalue weighted by Crippen LogP contribution is -2.38. The van der Waals surface area contributed by atoms with Crippen molar-refractivity contribution in [2.24, 2.45) is 9.98 Å². The maximum absolute atomic E-state index is 12.0. The zero-order chi connectivity index (χ0) is 20.4. The summed E-state index contributed by atoms with van der Waals surface area (Å²) < 4.78 is 0. The van der Waals surface area contributed by atoms with Crippen LogP contribution >= 0.6 is 11.3 Å². The molecule has 0 spiro atoms. The molecule has 6 nitrogen and oxygen atoms in total. The number of hydrogen-bond acceptors (Lipinski definition) is 5. The number of aromatic hydroxyl groups is 1. The Morgan fingerprint density at radius 1 is 1.21 bits per heavy atom. The van der Waals surface area contributed by atoms with Crippen LogP contribution in [0.25, 0.3) is 11.3 Å². The first-order valence-corrected chi connectivity index (χ1v) is 10.1. The Hall–Kier alpha value is -3.32. The number of nitrogens with zero attached hydrogens (tertiary/aromatic N) is 3. The molecule has 2 aromatic carbocycles. The number of carbonyl (C=O) groups is 1. The van der Waals surface area contributed by atoms with Crippen LogP contribution in [0, 0.1) is 0 Å². The summed E-state index contributed by atoms with van der Waals surface area (Å²) in [6.07, 6.45) is 1.81. The standard InChI is InChI=1S/C22H20N4O2S/c1-13-19(20(26-22(28)24-13)15-6-8-17(27)9-7-15)21-25-18(12-29-21)16-5-3-4-14(10-16)11-23-2/h3-12,19-20,27H,1-2H3,(H,26,28). The van der Waals surface area contributed by atoms with Crippen LogP contribution in [0.15, 0.2) is 63.9 Å². The van der Waals surface area contributed by atoms with Gasteiger partial charge in [0.1, 0.15) is 10.8 Å². The SMILES string of the molecule is CN=Cc1cccc(-c2csc(C3C(C)=NC(=O)NC3c3ccc(O)cc3)n2)c1. The van der Waals surface area contributed by atoms with Gasteiger partial charge in [-0.3, -0.25) is 4.99 Å². The van der Waals surface area contributed by atoms with Gasteiger partial charge in [0.15, 0.2) is 0 Å². The molecule has 0 radical (unpaired) electrons. The summed E-state index contributed by atoms with van der Waals surface area (Å²) in [6.45, 7) is 1.86. The van der Waals surface area contributed by atoms with Crippen molar-refractivity contribution < 1.29 is 9.90 Å². The van der Waals surface area contributed by atoms with E-state index in [2.05, 4.69) is 15.3 Å². The first-order chi connectivity index (χ1) is 14.0. The Morgan fingerprint density at radius 3 is 2.76 bits per heavy atom. The summed E-state index contributed by atoms with van der Waals surface area (Å²) in [7, 11) is 1.75. The highest BCUT2D eigenvalue weighted by Gasteiger charge is 2.34. The van der Waals surface area contributed by atoms with Gasteiger partial charge in [0, 0.05) is 29.9 Å².